The molecular weight excluding hydrogens is 297 g/mol. The van der Waals surface area contributed by atoms with Gasteiger partial charge < -0.3 is 10.6 Å². The van der Waals surface area contributed by atoms with Crippen LogP contribution in [0, 0.1) is 0 Å². The van der Waals surface area contributed by atoms with Crippen molar-refractivity contribution >= 4 is 21.5 Å². The van der Waals surface area contributed by atoms with Crippen LogP contribution in [-0.2, 0) is 16.0 Å². The summed E-state index contributed by atoms with van der Waals surface area (Å²) in [5.41, 5.74) is 5.36. The quantitative estimate of drug-likeness (QED) is 0.821. The molecule has 1 fully saturated rings. The van der Waals surface area contributed by atoms with Crippen LogP contribution in [0.4, 0.5) is 24.8 Å². The predicted octanol–water partition coefficient (Wildman–Crippen LogP) is 0.703. The zero-order valence-corrected chi connectivity index (χ0v) is 11.2. The first-order valence-electron chi connectivity index (χ1n) is 5.84. The SMILES string of the molecule is Nc1cc(N2CCCS(=O)(=O)CC2)nc(C(F)(F)F)n1. The van der Waals surface area contributed by atoms with Gasteiger partial charge in [0.2, 0.25) is 5.82 Å². The number of hydrogen-bond donors (Lipinski definition) is 1. The molecule has 20 heavy (non-hydrogen) atoms. The van der Waals surface area contributed by atoms with E-state index in [0.29, 0.717) is 13.0 Å². The summed E-state index contributed by atoms with van der Waals surface area (Å²) in [6, 6.07) is 1.22. The highest BCUT2D eigenvalue weighted by Gasteiger charge is 2.36. The normalized spacial score (nSPS) is 19.6. The molecule has 0 bridgehead atoms. The fraction of sp³-hybridized carbons (Fsp3) is 0.600. The Morgan fingerprint density at radius 3 is 2.55 bits per heavy atom. The Kier molecular flexibility index (Phi) is 3.76. The Morgan fingerprint density at radius 1 is 1.20 bits per heavy atom. The van der Waals surface area contributed by atoms with Crippen molar-refractivity contribution in [3.8, 4) is 0 Å². The monoisotopic (exact) mass is 310 g/mol. The smallest absolute Gasteiger partial charge is 0.384 e. The van der Waals surface area contributed by atoms with Crippen LogP contribution < -0.4 is 10.6 Å². The molecule has 1 aliphatic heterocycles. The molecule has 0 atom stereocenters. The van der Waals surface area contributed by atoms with Gasteiger partial charge in [-0.15, -0.1) is 0 Å². The first-order valence-corrected chi connectivity index (χ1v) is 7.67. The molecule has 0 aromatic carbocycles. The van der Waals surface area contributed by atoms with E-state index in [9.17, 15) is 21.6 Å². The highest BCUT2D eigenvalue weighted by molar-refractivity contribution is 7.91. The molecule has 0 unspecified atom stereocenters. The number of aromatic nitrogens is 2. The maximum atomic E-state index is 12.6. The molecule has 112 valence electrons. The Balaban J connectivity index is 2.31. The summed E-state index contributed by atoms with van der Waals surface area (Å²) in [4.78, 5) is 8.07. The summed E-state index contributed by atoms with van der Waals surface area (Å²) in [6.07, 6.45) is -4.35. The second-order valence-corrected chi connectivity index (χ2v) is 6.77. The van der Waals surface area contributed by atoms with Gasteiger partial charge in [0.05, 0.1) is 11.5 Å². The molecule has 0 amide bonds. The van der Waals surface area contributed by atoms with Crippen LogP contribution in [0.2, 0.25) is 0 Å². The zero-order valence-electron chi connectivity index (χ0n) is 10.4. The molecule has 0 radical (unpaired) electrons. The Labute approximate surface area is 113 Å². The Morgan fingerprint density at radius 2 is 1.90 bits per heavy atom. The number of rotatable bonds is 1. The van der Waals surface area contributed by atoms with Crippen molar-refractivity contribution in [3.05, 3.63) is 11.9 Å². The standard InChI is InChI=1S/C10H13F3N4O2S/c11-10(12,13)9-15-7(14)6-8(16-9)17-2-1-4-20(18,19)5-3-17/h6H,1-5H2,(H2,14,15,16). The molecule has 2 N–H and O–H groups in total. The number of nitrogen functional groups attached to an aromatic ring is 1. The number of sulfone groups is 1. The second kappa shape index (κ2) is 5.08. The fourth-order valence-corrected chi connectivity index (χ4v) is 3.18. The van der Waals surface area contributed by atoms with Gasteiger partial charge in [0.1, 0.15) is 11.6 Å². The lowest BCUT2D eigenvalue weighted by molar-refractivity contribution is -0.144. The molecule has 2 rings (SSSR count). The third-order valence-electron chi connectivity index (χ3n) is 2.87. The van der Waals surface area contributed by atoms with Crippen LogP contribution in [0.25, 0.3) is 0 Å². The van der Waals surface area contributed by atoms with Crippen molar-refractivity contribution < 1.29 is 21.6 Å². The summed E-state index contributed by atoms with van der Waals surface area (Å²) in [7, 11) is -3.15. The van der Waals surface area contributed by atoms with E-state index < -0.39 is 21.8 Å². The molecule has 10 heteroatoms. The number of hydrogen-bond acceptors (Lipinski definition) is 6. The first-order chi connectivity index (χ1) is 9.17. The summed E-state index contributed by atoms with van der Waals surface area (Å²) >= 11 is 0. The van der Waals surface area contributed by atoms with Crippen molar-refractivity contribution in [3.63, 3.8) is 0 Å². The maximum Gasteiger partial charge on any atom is 0.451 e. The average molecular weight is 310 g/mol. The lowest BCUT2D eigenvalue weighted by atomic mass is 10.3. The lowest BCUT2D eigenvalue weighted by Crippen LogP contribution is -2.29. The topological polar surface area (TPSA) is 89.2 Å². The van der Waals surface area contributed by atoms with Gasteiger partial charge in [-0.05, 0) is 6.42 Å². The minimum Gasteiger partial charge on any atom is -0.384 e. The van der Waals surface area contributed by atoms with Gasteiger partial charge in [-0.2, -0.15) is 13.2 Å². The van der Waals surface area contributed by atoms with Crippen molar-refractivity contribution in [2.75, 3.05) is 35.2 Å². The van der Waals surface area contributed by atoms with Crippen LogP contribution in [0.1, 0.15) is 12.2 Å². The van der Waals surface area contributed by atoms with E-state index in [1.54, 1.807) is 0 Å². The third kappa shape index (κ3) is 3.50. The summed E-state index contributed by atoms with van der Waals surface area (Å²) in [6.45, 7) is 0.406. The number of halogens is 3. The molecule has 1 aromatic rings. The molecule has 6 nitrogen and oxygen atoms in total. The van der Waals surface area contributed by atoms with E-state index in [4.69, 9.17) is 5.73 Å². The largest absolute Gasteiger partial charge is 0.451 e. The van der Waals surface area contributed by atoms with Crippen molar-refractivity contribution in [1.29, 1.82) is 0 Å². The van der Waals surface area contributed by atoms with Crippen LogP contribution in [0.5, 0.6) is 0 Å². The zero-order chi connectivity index (χ0) is 15.0. The van der Waals surface area contributed by atoms with E-state index >= 15 is 0 Å². The number of anilines is 2. The van der Waals surface area contributed by atoms with Crippen LogP contribution in [0.3, 0.4) is 0 Å². The van der Waals surface area contributed by atoms with Crippen LogP contribution >= 0.6 is 0 Å². The molecular formula is C10H13F3N4O2S. The second-order valence-electron chi connectivity index (χ2n) is 4.46. The average Bonchev–Trinajstić information content (AvgIpc) is 2.48. The highest BCUT2D eigenvalue weighted by Crippen LogP contribution is 2.28. The number of nitrogens with two attached hydrogens (primary N) is 1. The van der Waals surface area contributed by atoms with E-state index in [1.807, 2.05) is 0 Å². The van der Waals surface area contributed by atoms with Crippen LogP contribution in [-0.4, -0.2) is 43.0 Å². The van der Waals surface area contributed by atoms with E-state index in [2.05, 4.69) is 9.97 Å². The van der Waals surface area contributed by atoms with Gasteiger partial charge in [-0.25, -0.2) is 18.4 Å². The van der Waals surface area contributed by atoms with E-state index in [-0.39, 0.29) is 29.7 Å². The minimum absolute atomic E-state index is 0.00178. The lowest BCUT2D eigenvalue weighted by Gasteiger charge is -2.21. The third-order valence-corrected chi connectivity index (χ3v) is 4.58. The molecule has 1 aliphatic rings. The summed E-state index contributed by atoms with van der Waals surface area (Å²) in [5, 5.41) is 0. The van der Waals surface area contributed by atoms with Crippen molar-refractivity contribution in [2.24, 2.45) is 0 Å². The summed E-state index contributed by atoms with van der Waals surface area (Å²) in [5.74, 6) is -1.70. The molecule has 2 heterocycles. The van der Waals surface area contributed by atoms with Gasteiger partial charge in [-0.1, -0.05) is 0 Å². The first kappa shape index (κ1) is 14.8. The van der Waals surface area contributed by atoms with Crippen molar-refractivity contribution in [2.45, 2.75) is 12.6 Å². The molecule has 1 saturated heterocycles. The molecule has 0 saturated carbocycles. The minimum atomic E-state index is -4.69. The predicted molar refractivity (Wildman–Crippen MR) is 66.9 cm³/mol. The summed E-state index contributed by atoms with van der Waals surface area (Å²) < 4.78 is 60.8. The van der Waals surface area contributed by atoms with E-state index in [1.165, 1.54) is 11.0 Å². The Hall–Kier alpha value is -1.58. The highest BCUT2D eigenvalue weighted by atomic mass is 32.2. The molecule has 0 aliphatic carbocycles. The number of alkyl halides is 3. The van der Waals surface area contributed by atoms with E-state index in [0.717, 1.165) is 0 Å². The van der Waals surface area contributed by atoms with Gasteiger partial charge in [0.25, 0.3) is 0 Å². The fourth-order valence-electron chi connectivity index (χ4n) is 1.91. The molecule has 1 aromatic heterocycles. The van der Waals surface area contributed by atoms with Crippen molar-refractivity contribution in [1.82, 2.24) is 9.97 Å². The van der Waals surface area contributed by atoms with Gasteiger partial charge in [-0.3, -0.25) is 0 Å². The maximum absolute atomic E-state index is 12.6. The van der Waals surface area contributed by atoms with Gasteiger partial charge in [0, 0.05) is 19.2 Å². The van der Waals surface area contributed by atoms with Gasteiger partial charge in [0.15, 0.2) is 9.84 Å². The van der Waals surface area contributed by atoms with Gasteiger partial charge >= 0.3 is 6.18 Å². The number of nitrogens with zero attached hydrogens (tertiary/aromatic N) is 3. The van der Waals surface area contributed by atoms with Crippen LogP contribution in [0.15, 0.2) is 6.07 Å². The molecule has 0 spiro atoms. The Bertz CT molecular complexity index is 603.